The summed E-state index contributed by atoms with van der Waals surface area (Å²) in [5.74, 6) is -3.97. The number of rotatable bonds is 3. The lowest BCUT2D eigenvalue weighted by molar-refractivity contribution is -0.0866. The van der Waals surface area contributed by atoms with E-state index < -0.39 is 30.1 Å². The molecular formula is C15H23F2N3O3. The molecule has 0 aliphatic carbocycles. The molecule has 0 saturated carbocycles. The molecule has 0 spiro atoms. The summed E-state index contributed by atoms with van der Waals surface area (Å²) < 4.78 is 34.0. The highest BCUT2D eigenvalue weighted by atomic mass is 19.3. The number of alkyl halides is 2. The summed E-state index contributed by atoms with van der Waals surface area (Å²) in [4.78, 5) is 19.8. The van der Waals surface area contributed by atoms with Gasteiger partial charge in [-0.05, 0) is 27.2 Å². The first-order chi connectivity index (χ1) is 10.6. The number of ether oxygens (including phenoxy) is 1. The molecule has 1 amide bonds. The van der Waals surface area contributed by atoms with E-state index in [1.54, 1.807) is 20.8 Å². The molecule has 2 N–H and O–H groups in total. The molecule has 1 aliphatic heterocycles. The number of nitrogens with one attached hydrogen (secondary N) is 1. The molecule has 8 heteroatoms. The molecule has 1 saturated heterocycles. The number of hydrogen-bond donors (Lipinski definition) is 2. The Morgan fingerprint density at radius 2 is 2.26 bits per heavy atom. The highest BCUT2D eigenvalue weighted by molar-refractivity contribution is 5.68. The molecular weight excluding hydrogens is 308 g/mol. The highest BCUT2D eigenvalue weighted by Crippen LogP contribution is 2.39. The summed E-state index contributed by atoms with van der Waals surface area (Å²) in [5, 5.41) is 8.88. The lowest BCUT2D eigenvalue weighted by Gasteiger charge is -2.38. The summed E-state index contributed by atoms with van der Waals surface area (Å²) in [6.07, 6.45) is 1.17. The van der Waals surface area contributed by atoms with Crippen molar-refractivity contribution in [2.24, 2.45) is 0 Å². The maximum absolute atomic E-state index is 14.4. The number of H-pyrrole nitrogens is 1. The SMILES string of the molecule is CC(C)(C)OC(=O)N1CCC(c2ncc(CCO)[nH]2)C(F)(F)C1. The van der Waals surface area contributed by atoms with Crippen LogP contribution in [0, 0.1) is 0 Å². The fraction of sp³-hybridized carbons (Fsp3) is 0.733. The number of aliphatic hydroxyl groups is 1. The summed E-state index contributed by atoms with van der Waals surface area (Å²) in [6, 6.07) is 0. The number of imidazole rings is 1. The van der Waals surface area contributed by atoms with E-state index in [2.05, 4.69) is 9.97 Å². The molecule has 130 valence electrons. The molecule has 1 unspecified atom stereocenters. The molecule has 23 heavy (non-hydrogen) atoms. The van der Waals surface area contributed by atoms with Crippen molar-refractivity contribution >= 4 is 6.09 Å². The third-order valence-corrected chi connectivity index (χ3v) is 3.61. The van der Waals surface area contributed by atoms with Gasteiger partial charge in [0.05, 0.1) is 12.5 Å². The minimum absolute atomic E-state index is 0.0743. The Morgan fingerprint density at radius 1 is 1.57 bits per heavy atom. The van der Waals surface area contributed by atoms with Gasteiger partial charge >= 0.3 is 6.09 Å². The Bertz CT molecular complexity index is 554. The zero-order valence-electron chi connectivity index (χ0n) is 13.6. The molecule has 1 aromatic rings. The molecule has 6 nitrogen and oxygen atoms in total. The second-order valence-corrected chi connectivity index (χ2v) is 6.77. The lowest BCUT2D eigenvalue weighted by atomic mass is 9.92. The molecule has 2 rings (SSSR count). The Hall–Kier alpha value is -1.70. The van der Waals surface area contributed by atoms with Gasteiger partial charge in [-0.1, -0.05) is 0 Å². The van der Waals surface area contributed by atoms with Crippen LogP contribution in [-0.2, 0) is 11.2 Å². The number of hydrogen-bond acceptors (Lipinski definition) is 4. The van der Waals surface area contributed by atoms with E-state index in [9.17, 15) is 13.6 Å². The molecule has 1 aromatic heterocycles. The van der Waals surface area contributed by atoms with Crippen molar-refractivity contribution in [3.05, 3.63) is 17.7 Å². The van der Waals surface area contributed by atoms with Gasteiger partial charge in [-0.2, -0.15) is 0 Å². The molecule has 2 heterocycles. The third kappa shape index (κ3) is 4.40. The van der Waals surface area contributed by atoms with Crippen LogP contribution in [0.1, 0.15) is 44.6 Å². The molecule has 1 atom stereocenters. The largest absolute Gasteiger partial charge is 0.444 e. The summed E-state index contributed by atoms with van der Waals surface area (Å²) >= 11 is 0. The van der Waals surface area contributed by atoms with E-state index in [1.807, 2.05) is 0 Å². The number of piperidine rings is 1. The zero-order chi connectivity index (χ0) is 17.3. The van der Waals surface area contributed by atoms with Crippen molar-refractivity contribution in [2.75, 3.05) is 19.7 Å². The Morgan fingerprint density at radius 3 is 2.83 bits per heavy atom. The first kappa shape index (κ1) is 17.7. The number of aromatic amines is 1. The van der Waals surface area contributed by atoms with E-state index >= 15 is 0 Å². The average Bonchev–Trinajstić information content (AvgIpc) is 2.84. The van der Waals surface area contributed by atoms with Crippen molar-refractivity contribution in [3.8, 4) is 0 Å². The van der Waals surface area contributed by atoms with Gasteiger partial charge in [0.1, 0.15) is 11.4 Å². The van der Waals surface area contributed by atoms with Gasteiger partial charge in [0.25, 0.3) is 5.92 Å². The lowest BCUT2D eigenvalue weighted by Crippen LogP contribution is -2.51. The van der Waals surface area contributed by atoms with E-state index in [1.165, 1.54) is 6.20 Å². The number of halogens is 2. The maximum Gasteiger partial charge on any atom is 0.410 e. The van der Waals surface area contributed by atoms with Crippen molar-refractivity contribution in [1.29, 1.82) is 0 Å². The van der Waals surface area contributed by atoms with E-state index in [0.29, 0.717) is 12.1 Å². The van der Waals surface area contributed by atoms with Gasteiger partial charge in [0.2, 0.25) is 0 Å². The van der Waals surface area contributed by atoms with Crippen LogP contribution in [0.2, 0.25) is 0 Å². The summed E-state index contributed by atoms with van der Waals surface area (Å²) in [7, 11) is 0. The zero-order valence-corrected chi connectivity index (χ0v) is 13.6. The van der Waals surface area contributed by atoms with Crippen LogP contribution in [0.25, 0.3) is 0 Å². The average molecular weight is 331 g/mol. The van der Waals surface area contributed by atoms with Crippen molar-refractivity contribution in [2.45, 2.75) is 51.1 Å². The minimum Gasteiger partial charge on any atom is -0.444 e. The number of aliphatic hydroxyl groups excluding tert-OH is 1. The minimum atomic E-state index is -3.09. The Labute approximate surface area is 133 Å². The normalized spacial score (nSPS) is 21.3. The van der Waals surface area contributed by atoms with Crippen LogP contribution in [0.15, 0.2) is 6.20 Å². The maximum atomic E-state index is 14.4. The van der Waals surface area contributed by atoms with Gasteiger partial charge < -0.3 is 19.7 Å². The second kappa shape index (κ2) is 6.43. The molecule has 1 fully saturated rings. The predicted molar refractivity (Wildman–Crippen MR) is 79.5 cm³/mol. The van der Waals surface area contributed by atoms with Gasteiger partial charge in [-0.3, -0.25) is 0 Å². The van der Waals surface area contributed by atoms with E-state index in [4.69, 9.17) is 9.84 Å². The highest BCUT2D eigenvalue weighted by Gasteiger charge is 2.48. The number of amides is 1. The van der Waals surface area contributed by atoms with Crippen LogP contribution in [0.4, 0.5) is 13.6 Å². The van der Waals surface area contributed by atoms with Crippen LogP contribution in [-0.4, -0.2) is 57.3 Å². The fourth-order valence-electron chi connectivity index (χ4n) is 2.56. The Kier molecular flexibility index (Phi) is 4.93. The predicted octanol–water partition coefficient (Wildman–Crippen LogP) is 2.30. The standard InChI is InChI=1S/C15H23F2N3O3/c1-14(2,3)23-13(22)20-6-4-11(15(16,17)9-20)12-18-8-10(19-12)5-7-21/h8,11,21H,4-7,9H2,1-3H3,(H,18,19). The van der Waals surface area contributed by atoms with Crippen LogP contribution in [0.3, 0.4) is 0 Å². The topological polar surface area (TPSA) is 78.4 Å². The second-order valence-electron chi connectivity index (χ2n) is 6.77. The molecule has 0 radical (unpaired) electrons. The number of carbonyl (C=O) groups excluding carboxylic acids is 1. The van der Waals surface area contributed by atoms with E-state index in [0.717, 1.165) is 4.90 Å². The van der Waals surface area contributed by atoms with Crippen molar-refractivity contribution in [1.82, 2.24) is 14.9 Å². The van der Waals surface area contributed by atoms with Gasteiger partial charge in [0, 0.05) is 31.5 Å². The number of likely N-dealkylation sites (tertiary alicyclic amines) is 1. The first-order valence-corrected chi connectivity index (χ1v) is 7.63. The molecule has 1 aliphatic rings. The number of nitrogens with zero attached hydrogens (tertiary/aromatic N) is 2. The van der Waals surface area contributed by atoms with E-state index in [-0.39, 0.29) is 25.4 Å². The van der Waals surface area contributed by atoms with Crippen LogP contribution >= 0.6 is 0 Å². The monoisotopic (exact) mass is 331 g/mol. The number of carbonyl (C=O) groups is 1. The fourth-order valence-corrected chi connectivity index (χ4v) is 2.56. The molecule has 0 aromatic carbocycles. The van der Waals surface area contributed by atoms with Crippen molar-refractivity contribution < 1.29 is 23.4 Å². The third-order valence-electron chi connectivity index (χ3n) is 3.61. The Balaban J connectivity index is 2.06. The van der Waals surface area contributed by atoms with Crippen LogP contribution < -0.4 is 0 Å². The quantitative estimate of drug-likeness (QED) is 0.891. The first-order valence-electron chi connectivity index (χ1n) is 7.63. The number of aromatic nitrogens is 2. The van der Waals surface area contributed by atoms with Crippen LogP contribution in [0.5, 0.6) is 0 Å². The van der Waals surface area contributed by atoms with Gasteiger partial charge in [0.15, 0.2) is 0 Å². The van der Waals surface area contributed by atoms with Gasteiger partial charge in [-0.15, -0.1) is 0 Å². The molecule has 0 bridgehead atoms. The van der Waals surface area contributed by atoms with Gasteiger partial charge in [-0.25, -0.2) is 18.6 Å². The summed E-state index contributed by atoms with van der Waals surface area (Å²) in [6.45, 7) is 4.51. The van der Waals surface area contributed by atoms with Crippen molar-refractivity contribution in [3.63, 3.8) is 0 Å². The summed E-state index contributed by atoms with van der Waals surface area (Å²) in [5.41, 5.74) is -0.100. The smallest absolute Gasteiger partial charge is 0.410 e.